The van der Waals surface area contributed by atoms with Gasteiger partial charge in [0.2, 0.25) is 0 Å². The molecule has 5 nitrogen and oxygen atoms in total. The highest BCUT2D eigenvalue weighted by Gasteiger charge is 2.24. The molecule has 0 spiro atoms. The normalized spacial score (nSPS) is 18.8. The Morgan fingerprint density at radius 2 is 1.82 bits per heavy atom. The molecule has 1 aliphatic rings. The number of nitrogens with zero attached hydrogens (tertiary/aromatic N) is 2. The van der Waals surface area contributed by atoms with Gasteiger partial charge < -0.3 is 10.6 Å². The van der Waals surface area contributed by atoms with Crippen LogP contribution in [0.1, 0.15) is 18.4 Å². The Hall–Kier alpha value is -2.18. The second-order valence-corrected chi connectivity index (χ2v) is 8.57. The fraction of sp³-hybridized carbons (Fsp3) is 0.409. The lowest BCUT2D eigenvalue weighted by Gasteiger charge is -2.25. The lowest BCUT2D eigenvalue weighted by atomic mass is 10.2. The van der Waals surface area contributed by atoms with Gasteiger partial charge in [0.05, 0.1) is 10.8 Å². The van der Waals surface area contributed by atoms with E-state index >= 15 is 0 Å². The number of hydrogen-bond acceptors (Lipinski definition) is 3. The largest absolute Gasteiger partial charge is 0.355 e. The average molecular weight is 399 g/mol. The summed E-state index contributed by atoms with van der Waals surface area (Å²) in [5.41, 5.74) is 1.36. The Balaban J connectivity index is 1.41. The van der Waals surface area contributed by atoms with E-state index in [0.717, 1.165) is 30.5 Å². The maximum absolute atomic E-state index is 12.3. The van der Waals surface area contributed by atoms with E-state index in [-0.39, 0.29) is 0 Å². The van der Waals surface area contributed by atoms with Gasteiger partial charge in [-0.25, -0.2) is 0 Å². The van der Waals surface area contributed by atoms with E-state index in [9.17, 15) is 4.21 Å². The summed E-state index contributed by atoms with van der Waals surface area (Å²) in [6.45, 7) is 3.63. The fourth-order valence-electron chi connectivity index (χ4n) is 3.54. The van der Waals surface area contributed by atoms with E-state index in [1.54, 1.807) is 7.05 Å². The Labute approximate surface area is 170 Å². The summed E-state index contributed by atoms with van der Waals surface area (Å²) in [5, 5.41) is 6.72. The van der Waals surface area contributed by atoms with Gasteiger partial charge in [0.1, 0.15) is 0 Å². The number of benzene rings is 2. The molecule has 0 bridgehead atoms. The van der Waals surface area contributed by atoms with Crippen LogP contribution in [-0.2, 0) is 17.3 Å². The molecule has 0 saturated carbocycles. The van der Waals surface area contributed by atoms with Crippen LogP contribution < -0.4 is 10.6 Å². The molecule has 1 aliphatic heterocycles. The Bertz CT molecular complexity index is 767. The standard InChI is InChI=1S/C22H30N4OS/c1-23-22(24-14-16-28(27)21-12-6-3-7-13-21)25-17-20-11-8-15-26(20)18-19-9-4-2-5-10-19/h2-7,9-10,12-13,20H,8,11,14-18H2,1H3,(H2,23,24,25). The van der Waals surface area contributed by atoms with Crippen LogP contribution in [0.4, 0.5) is 0 Å². The highest BCUT2D eigenvalue weighted by atomic mass is 32.2. The van der Waals surface area contributed by atoms with E-state index in [0.29, 0.717) is 18.3 Å². The Morgan fingerprint density at radius 1 is 1.11 bits per heavy atom. The van der Waals surface area contributed by atoms with Gasteiger partial charge in [-0.2, -0.15) is 0 Å². The van der Waals surface area contributed by atoms with Crippen LogP contribution >= 0.6 is 0 Å². The number of aliphatic imine (C=N–C) groups is 1. The van der Waals surface area contributed by atoms with Crippen molar-refractivity contribution in [2.45, 2.75) is 30.3 Å². The van der Waals surface area contributed by atoms with Gasteiger partial charge in [-0.15, -0.1) is 0 Å². The molecular formula is C22H30N4OS. The van der Waals surface area contributed by atoms with E-state index in [4.69, 9.17) is 0 Å². The third-order valence-electron chi connectivity index (χ3n) is 5.04. The molecule has 2 atom stereocenters. The molecule has 0 amide bonds. The van der Waals surface area contributed by atoms with E-state index in [1.165, 1.54) is 18.4 Å². The summed E-state index contributed by atoms with van der Waals surface area (Å²) in [4.78, 5) is 7.72. The van der Waals surface area contributed by atoms with Crippen molar-refractivity contribution < 1.29 is 4.21 Å². The topological polar surface area (TPSA) is 56.7 Å². The second kappa shape index (κ2) is 11.0. The summed E-state index contributed by atoms with van der Waals surface area (Å²) >= 11 is 0. The second-order valence-electron chi connectivity index (χ2n) is 6.99. The van der Waals surface area contributed by atoms with Gasteiger partial charge in [-0.05, 0) is 37.1 Å². The molecule has 2 aromatic rings. The molecule has 150 valence electrons. The molecule has 2 unspecified atom stereocenters. The van der Waals surface area contributed by atoms with Crippen molar-refractivity contribution >= 4 is 16.8 Å². The minimum atomic E-state index is -0.990. The third kappa shape index (κ3) is 6.17. The molecule has 0 radical (unpaired) electrons. The number of rotatable bonds is 8. The van der Waals surface area contributed by atoms with Gasteiger partial charge in [-0.1, -0.05) is 48.5 Å². The Morgan fingerprint density at radius 3 is 2.54 bits per heavy atom. The van der Waals surface area contributed by atoms with E-state index in [1.807, 2.05) is 30.3 Å². The zero-order valence-electron chi connectivity index (χ0n) is 16.5. The predicted octanol–water partition coefficient (Wildman–Crippen LogP) is 2.62. The molecule has 0 aliphatic carbocycles. The average Bonchev–Trinajstić information content (AvgIpc) is 3.18. The van der Waals surface area contributed by atoms with Crippen LogP contribution in [0.2, 0.25) is 0 Å². The van der Waals surface area contributed by atoms with Crippen molar-refractivity contribution in [1.82, 2.24) is 15.5 Å². The highest BCUT2D eigenvalue weighted by Crippen LogP contribution is 2.19. The molecule has 1 saturated heterocycles. The summed E-state index contributed by atoms with van der Waals surface area (Å²) < 4.78 is 12.3. The van der Waals surface area contributed by atoms with Gasteiger partial charge in [0.25, 0.3) is 0 Å². The maximum atomic E-state index is 12.3. The van der Waals surface area contributed by atoms with Crippen LogP contribution in [0.3, 0.4) is 0 Å². The van der Waals surface area contributed by atoms with Gasteiger partial charge in [-0.3, -0.25) is 14.1 Å². The zero-order chi connectivity index (χ0) is 19.6. The minimum Gasteiger partial charge on any atom is -0.355 e. The first kappa shape index (κ1) is 20.6. The first-order chi connectivity index (χ1) is 13.8. The number of nitrogens with one attached hydrogen (secondary N) is 2. The SMILES string of the molecule is CN=C(NCCS(=O)c1ccccc1)NCC1CCCN1Cc1ccccc1. The van der Waals surface area contributed by atoms with Crippen molar-refractivity contribution in [1.29, 1.82) is 0 Å². The molecule has 1 heterocycles. The summed E-state index contributed by atoms with van der Waals surface area (Å²) in [5.74, 6) is 1.34. The van der Waals surface area contributed by atoms with Gasteiger partial charge >= 0.3 is 0 Å². The Kier molecular flexibility index (Phi) is 8.06. The molecule has 1 fully saturated rings. The van der Waals surface area contributed by atoms with Crippen LogP contribution in [0.5, 0.6) is 0 Å². The van der Waals surface area contributed by atoms with Crippen molar-refractivity contribution in [2.75, 3.05) is 32.4 Å². The summed E-state index contributed by atoms with van der Waals surface area (Å²) in [6, 6.07) is 20.8. The zero-order valence-corrected chi connectivity index (χ0v) is 17.3. The van der Waals surface area contributed by atoms with E-state index in [2.05, 4.69) is 50.9 Å². The minimum absolute atomic E-state index is 0.511. The smallest absolute Gasteiger partial charge is 0.191 e. The fourth-order valence-corrected chi connectivity index (χ4v) is 4.52. The van der Waals surface area contributed by atoms with Crippen LogP contribution in [0, 0.1) is 0 Å². The third-order valence-corrected chi connectivity index (χ3v) is 6.42. The first-order valence-electron chi connectivity index (χ1n) is 9.92. The first-order valence-corrected chi connectivity index (χ1v) is 11.2. The van der Waals surface area contributed by atoms with Crippen molar-refractivity contribution in [2.24, 2.45) is 4.99 Å². The van der Waals surface area contributed by atoms with Crippen molar-refractivity contribution in [3.05, 3.63) is 66.2 Å². The molecule has 0 aromatic heterocycles. The monoisotopic (exact) mass is 398 g/mol. The molecule has 2 N–H and O–H groups in total. The highest BCUT2D eigenvalue weighted by molar-refractivity contribution is 7.85. The van der Waals surface area contributed by atoms with Crippen LogP contribution in [0.15, 0.2) is 70.6 Å². The van der Waals surface area contributed by atoms with Crippen LogP contribution in [0.25, 0.3) is 0 Å². The van der Waals surface area contributed by atoms with Gasteiger partial charge in [0.15, 0.2) is 5.96 Å². The number of hydrogen-bond donors (Lipinski definition) is 2. The quantitative estimate of drug-likeness (QED) is 0.530. The lowest BCUT2D eigenvalue weighted by Crippen LogP contribution is -2.45. The molecule has 2 aromatic carbocycles. The number of guanidine groups is 1. The van der Waals surface area contributed by atoms with Crippen molar-refractivity contribution in [3.8, 4) is 0 Å². The number of likely N-dealkylation sites (tertiary alicyclic amines) is 1. The van der Waals surface area contributed by atoms with Crippen molar-refractivity contribution in [3.63, 3.8) is 0 Å². The maximum Gasteiger partial charge on any atom is 0.191 e. The molecule has 6 heteroatoms. The summed E-state index contributed by atoms with van der Waals surface area (Å²) in [7, 11) is 0.788. The van der Waals surface area contributed by atoms with E-state index < -0.39 is 10.8 Å². The molecular weight excluding hydrogens is 368 g/mol. The lowest BCUT2D eigenvalue weighted by molar-refractivity contribution is 0.245. The predicted molar refractivity (Wildman–Crippen MR) is 117 cm³/mol. The van der Waals surface area contributed by atoms with Gasteiger partial charge in [0, 0.05) is 43.4 Å². The molecule has 28 heavy (non-hydrogen) atoms. The molecule has 3 rings (SSSR count). The summed E-state index contributed by atoms with van der Waals surface area (Å²) in [6.07, 6.45) is 2.44. The van der Waals surface area contributed by atoms with Crippen LogP contribution in [-0.4, -0.2) is 53.5 Å².